The average Bonchev–Trinajstić information content (AvgIpc) is 2.90. The van der Waals surface area contributed by atoms with E-state index in [1.165, 1.54) is 11.3 Å². The third-order valence-corrected chi connectivity index (χ3v) is 3.24. The zero-order valence-electron chi connectivity index (χ0n) is 9.13. The third kappa shape index (κ3) is 3.07. The van der Waals surface area contributed by atoms with Gasteiger partial charge in [0.1, 0.15) is 5.69 Å². The van der Waals surface area contributed by atoms with Gasteiger partial charge in [0.2, 0.25) is 0 Å². The van der Waals surface area contributed by atoms with Crippen LogP contribution >= 0.6 is 11.3 Å². The minimum Gasteiger partial charge on any atom is -0.293 e. The van der Waals surface area contributed by atoms with Crippen molar-refractivity contribution in [3.05, 3.63) is 52.5 Å². The highest BCUT2D eigenvalue weighted by atomic mass is 32.1. The molecule has 3 nitrogen and oxygen atoms in total. The molecule has 0 atom stereocenters. The van der Waals surface area contributed by atoms with Crippen LogP contribution in [-0.2, 0) is 0 Å². The fraction of sp³-hybridized carbons (Fsp3) is 0.154. The highest BCUT2D eigenvalue weighted by molar-refractivity contribution is 7.12. The second-order valence-corrected chi connectivity index (χ2v) is 4.49. The molecule has 2 rings (SSSR count). The normalized spacial score (nSPS) is 10.1. The SMILES string of the molecule is O=C(CCC(=O)c1cccs1)c1ccccn1. The molecule has 0 fully saturated rings. The summed E-state index contributed by atoms with van der Waals surface area (Å²) >= 11 is 1.40. The molecule has 4 heteroatoms. The number of aromatic nitrogens is 1. The van der Waals surface area contributed by atoms with Gasteiger partial charge in [-0.25, -0.2) is 0 Å². The second kappa shape index (κ2) is 5.50. The highest BCUT2D eigenvalue weighted by Crippen LogP contribution is 2.13. The summed E-state index contributed by atoms with van der Waals surface area (Å²) in [5.74, 6) is -0.0696. The topological polar surface area (TPSA) is 47.0 Å². The Morgan fingerprint density at radius 1 is 1.06 bits per heavy atom. The fourth-order valence-electron chi connectivity index (χ4n) is 1.44. The molecular formula is C13H11NO2S. The van der Waals surface area contributed by atoms with Gasteiger partial charge in [-0.05, 0) is 23.6 Å². The molecule has 0 aromatic carbocycles. The molecule has 0 spiro atoms. The van der Waals surface area contributed by atoms with Crippen molar-refractivity contribution in [1.29, 1.82) is 0 Å². The molecule has 2 heterocycles. The lowest BCUT2D eigenvalue weighted by Gasteiger charge is -1.98. The van der Waals surface area contributed by atoms with E-state index in [0.717, 1.165) is 0 Å². The number of Topliss-reactive ketones (excluding diaryl/α,β-unsaturated/α-hetero) is 2. The number of thiophene rings is 1. The van der Waals surface area contributed by atoms with Crippen LogP contribution in [0.2, 0.25) is 0 Å². The van der Waals surface area contributed by atoms with E-state index in [2.05, 4.69) is 4.98 Å². The van der Waals surface area contributed by atoms with E-state index in [9.17, 15) is 9.59 Å². The molecule has 0 saturated carbocycles. The Bertz CT molecular complexity index is 505. The molecule has 0 amide bonds. The minimum atomic E-state index is -0.0875. The average molecular weight is 245 g/mol. The zero-order chi connectivity index (χ0) is 12.1. The molecule has 0 aliphatic rings. The lowest BCUT2D eigenvalue weighted by Crippen LogP contribution is -2.05. The first-order valence-corrected chi connectivity index (χ1v) is 6.16. The van der Waals surface area contributed by atoms with Gasteiger partial charge in [-0.1, -0.05) is 12.1 Å². The zero-order valence-corrected chi connectivity index (χ0v) is 9.94. The Hall–Kier alpha value is -1.81. The van der Waals surface area contributed by atoms with E-state index < -0.39 is 0 Å². The van der Waals surface area contributed by atoms with Gasteiger partial charge < -0.3 is 0 Å². The van der Waals surface area contributed by atoms with Gasteiger partial charge in [0.15, 0.2) is 11.6 Å². The van der Waals surface area contributed by atoms with E-state index in [1.54, 1.807) is 30.5 Å². The lowest BCUT2D eigenvalue weighted by molar-refractivity contribution is 0.0917. The number of rotatable bonds is 5. The number of hydrogen-bond acceptors (Lipinski definition) is 4. The monoisotopic (exact) mass is 245 g/mol. The second-order valence-electron chi connectivity index (χ2n) is 3.54. The van der Waals surface area contributed by atoms with Crippen molar-refractivity contribution in [1.82, 2.24) is 4.98 Å². The predicted octanol–water partition coefficient (Wildman–Crippen LogP) is 2.99. The third-order valence-electron chi connectivity index (χ3n) is 2.33. The number of ketones is 2. The number of hydrogen-bond donors (Lipinski definition) is 0. The molecule has 0 radical (unpaired) electrons. The molecule has 86 valence electrons. The summed E-state index contributed by atoms with van der Waals surface area (Å²) in [4.78, 5) is 28.1. The summed E-state index contributed by atoms with van der Waals surface area (Å²) in [6.45, 7) is 0. The van der Waals surface area contributed by atoms with Gasteiger partial charge in [0, 0.05) is 19.0 Å². The summed E-state index contributed by atoms with van der Waals surface area (Å²) in [6.07, 6.45) is 2.04. The van der Waals surface area contributed by atoms with Crippen LogP contribution in [0.3, 0.4) is 0 Å². The quantitative estimate of drug-likeness (QED) is 0.761. The van der Waals surface area contributed by atoms with Gasteiger partial charge >= 0.3 is 0 Å². The molecule has 0 N–H and O–H groups in total. The lowest BCUT2D eigenvalue weighted by atomic mass is 10.1. The van der Waals surface area contributed by atoms with E-state index in [-0.39, 0.29) is 24.4 Å². The molecule has 0 aliphatic heterocycles. The summed E-state index contributed by atoms with van der Waals surface area (Å²) in [5.41, 5.74) is 0.423. The van der Waals surface area contributed by atoms with Crippen molar-refractivity contribution in [3.8, 4) is 0 Å². The van der Waals surface area contributed by atoms with Gasteiger partial charge in [0.05, 0.1) is 4.88 Å². The van der Waals surface area contributed by atoms with Crippen LogP contribution in [0.1, 0.15) is 33.0 Å². The predicted molar refractivity (Wildman–Crippen MR) is 66.5 cm³/mol. The maximum absolute atomic E-state index is 11.7. The molecule has 17 heavy (non-hydrogen) atoms. The van der Waals surface area contributed by atoms with E-state index in [4.69, 9.17) is 0 Å². The smallest absolute Gasteiger partial charge is 0.181 e. The van der Waals surface area contributed by atoms with E-state index >= 15 is 0 Å². The number of carbonyl (C=O) groups is 2. The van der Waals surface area contributed by atoms with Crippen LogP contribution in [-0.4, -0.2) is 16.6 Å². The summed E-state index contributed by atoms with van der Waals surface area (Å²) < 4.78 is 0. The van der Waals surface area contributed by atoms with Gasteiger partial charge in [-0.15, -0.1) is 11.3 Å². The van der Waals surface area contributed by atoms with Gasteiger partial charge in [0.25, 0.3) is 0 Å². The first-order valence-electron chi connectivity index (χ1n) is 5.28. The van der Waals surface area contributed by atoms with Crippen molar-refractivity contribution < 1.29 is 9.59 Å². The Morgan fingerprint density at radius 2 is 1.88 bits per heavy atom. The highest BCUT2D eigenvalue weighted by Gasteiger charge is 2.11. The van der Waals surface area contributed by atoms with Crippen LogP contribution in [0, 0.1) is 0 Å². The molecule has 0 unspecified atom stereocenters. The Morgan fingerprint density at radius 3 is 2.53 bits per heavy atom. The fourth-order valence-corrected chi connectivity index (χ4v) is 2.14. The van der Waals surface area contributed by atoms with Crippen LogP contribution in [0.15, 0.2) is 41.9 Å². The number of pyridine rings is 1. The van der Waals surface area contributed by atoms with Crippen molar-refractivity contribution >= 4 is 22.9 Å². The summed E-state index contributed by atoms with van der Waals surface area (Å²) in [7, 11) is 0. The van der Waals surface area contributed by atoms with Crippen molar-refractivity contribution in [3.63, 3.8) is 0 Å². The molecule has 0 aliphatic carbocycles. The Balaban J connectivity index is 1.91. The van der Waals surface area contributed by atoms with Crippen LogP contribution in [0.5, 0.6) is 0 Å². The largest absolute Gasteiger partial charge is 0.293 e. The maximum Gasteiger partial charge on any atom is 0.181 e. The molecule has 2 aromatic heterocycles. The molecule has 2 aromatic rings. The van der Waals surface area contributed by atoms with E-state index in [1.807, 2.05) is 11.4 Å². The molecule has 0 bridgehead atoms. The van der Waals surface area contributed by atoms with Crippen LogP contribution in [0.25, 0.3) is 0 Å². The van der Waals surface area contributed by atoms with E-state index in [0.29, 0.717) is 10.6 Å². The van der Waals surface area contributed by atoms with Crippen molar-refractivity contribution in [2.45, 2.75) is 12.8 Å². The minimum absolute atomic E-state index is 0.0179. The Labute approximate surface area is 103 Å². The molecular weight excluding hydrogens is 234 g/mol. The standard InChI is InChI=1S/C13H11NO2S/c15-11(10-4-1-2-8-14-10)6-7-12(16)13-5-3-9-17-13/h1-5,8-9H,6-7H2. The molecule has 0 saturated heterocycles. The van der Waals surface area contributed by atoms with Crippen LogP contribution < -0.4 is 0 Å². The van der Waals surface area contributed by atoms with Crippen molar-refractivity contribution in [2.75, 3.05) is 0 Å². The summed E-state index contributed by atoms with van der Waals surface area (Å²) in [6, 6.07) is 8.80. The summed E-state index contributed by atoms with van der Waals surface area (Å²) in [5, 5.41) is 1.85. The van der Waals surface area contributed by atoms with Gasteiger partial charge in [-0.3, -0.25) is 14.6 Å². The van der Waals surface area contributed by atoms with Crippen LogP contribution in [0.4, 0.5) is 0 Å². The maximum atomic E-state index is 11.7. The first kappa shape index (κ1) is 11.7. The number of nitrogens with zero attached hydrogens (tertiary/aromatic N) is 1. The Kier molecular flexibility index (Phi) is 3.77. The first-order chi connectivity index (χ1) is 8.27. The number of carbonyl (C=O) groups excluding carboxylic acids is 2. The van der Waals surface area contributed by atoms with Gasteiger partial charge in [-0.2, -0.15) is 0 Å². The van der Waals surface area contributed by atoms with Crippen molar-refractivity contribution in [2.24, 2.45) is 0 Å².